The fourth-order valence-electron chi connectivity index (χ4n) is 1.87. The molecular weight excluding hydrogens is 353 g/mol. The van der Waals surface area contributed by atoms with Crippen LogP contribution in [0.5, 0.6) is 5.75 Å². The molecule has 0 saturated heterocycles. The summed E-state index contributed by atoms with van der Waals surface area (Å²) in [4.78, 5) is 24.0. The van der Waals surface area contributed by atoms with Crippen LogP contribution < -0.4 is 10.1 Å². The van der Waals surface area contributed by atoms with Crippen LogP contribution in [0.3, 0.4) is 0 Å². The van der Waals surface area contributed by atoms with Crippen LogP contribution in [0.2, 0.25) is 0 Å². The van der Waals surface area contributed by atoms with Gasteiger partial charge in [0.25, 0.3) is 0 Å². The molecule has 6 nitrogen and oxygen atoms in total. The Hall–Kier alpha value is -2.00. The third-order valence-electron chi connectivity index (χ3n) is 2.64. The molecule has 1 aromatic rings. The molecule has 1 rings (SSSR count). The predicted octanol–water partition coefficient (Wildman–Crippen LogP) is 2.74. The Morgan fingerprint density at radius 3 is 2.25 bits per heavy atom. The van der Waals surface area contributed by atoms with E-state index in [9.17, 15) is 22.8 Å². The number of carboxylic acid groups (broad SMARTS) is 1. The molecule has 0 fully saturated rings. The third-order valence-corrected chi connectivity index (χ3v) is 2.64. The number of halogens is 4. The van der Waals surface area contributed by atoms with Gasteiger partial charge in [0.15, 0.2) is 0 Å². The summed E-state index contributed by atoms with van der Waals surface area (Å²) >= 11 is 0. The Labute approximate surface area is 143 Å². The van der Waals surface area contributed by atoms with E-state index in [4.69, 9.17) is 5.11 Å². The molecule has 0 unspecified atom stereocenters. The van der Waals surface area contributed by atoms with Crippen LogP contribution in [-0.2, 0) is 9.59 Å². The fourth-order valence-corrected chi connectivity index (χ4v) is 1.87. The maximum Gasteiger partial charge on any atom is 0.573 e. The molecule has 0 bridgehead atoms. The Balaban J connectivity index is 0.00000529. The van der Waals surface area contributed by atoms with Crippen LogP contribution in [0, 0.1) is 0 Å². The molecule has 0 aliphatic carbocycles. The van der Waals surface area contributed by atoms with Crippen molar-refractivity contribution in [1.82, 2.24) is 4.90 Å². The van der Waals surface area contributed by atoms with E-state index in [0.717, 1.165) is 12.1 Å². The minimum atomic E-state index is -4.78. The first kappa shape index (κ1) is 22.0. The molecule has 10 heteroatoms. The van der Waals surface area contributed by atoms with Gasteiger partial charge in [-0.3, -0.25) is 14.5 Å². The van der Waals surface area contributed by atoms with Gasteiger partial charge in [0.2, 0.25) is 5.91 Å². The third kappa shape index (κ3) is 9.21. The van der Waals surface area contributed by atoms with Gasteiger partial charge in [0.05, 0.1) is 13.1 Å². The summed E-state index contributed by atoms with van der Waals surface area (Å²) in [5, 5.41) is 11.2. The highest BCUT2D eigenvalue weighted by Gasteiger charge is 2.30. The Kier molecular flexibility index (Phi) is 9.16. The van der Waals surface area contributed by atoms with Gasteiger partial charge in [0, 0.05) is 5.69 Å². The molecule has 0 saturated carbocycles. The number of alkyl halides is 3. The summed E-state index contributed by atoms with van der Waals surface area (Å²) in [5.41, 5.74) is 0.288. The van der Waals surface area contributed by atoms with Crippen LogP contribution in [0.1, 0.15) is 13.3 Å². The number of carboxylic acids is 1. The average molecular weight is 371 g/mol. The number of carbonyl (C=O) groups is 2. The van der Waals surface area contributed by atoms with Gasteiger partial charge in [-0.05, 0) is 37.2 Å². The number of hydrogen-bond donors (Lipinski definition) is 2. The highest BCUT2D eigenvalue weighted by atomic mass is 35.5. The summed E-state index contributed by atoms with van der Waals surface area (Å²) in [5.74, 6) is -1.89. The largest absolute Gasteiger partial charge is 0.573 e. The van der Waals surface area contributed by atoms with Gasteiger partial charge in [-0.1, -0.05) is 6.92 Å². The van der Waals surface area contributed by atoms with Crippen LogP contribution in [-0.4, -0.2) is 47.9 Å². The standard InChI is InChI=1S/C14H17F3N2O4.ClH/c1-2-7-19(9-13(21)22)8-12(20)18-10-3-5-11(6-4-10)23-14(15,16)17;/h3-6H,2,7-9H2,1H3,(H,18,20)(H,21,22);1H. The first-order valence-electron chi connectivity index (χ1n) is 6.79. The van der Waals surface area contributed by atoms with Gasteiger partial charge in [0.1, 0.15) is 5.75 Å². The molecular formula is C14H18ClF3N2O4. The molecule has 2 N–H and O–H groups in total. The van der Waals surface area contributed by atoms with E-state index in [-0.39, 0.29) is 31.2 Å². The lowest BCUT2D eigenvalue weighted by atomic mass is 10.3. The average Bonchev–Trinajstić information content (AvgIpc) is 2.38. The van der Waals surface area contributed by atoms with Crippen molar-refractivity contribution in [2.75, 3.05) is 25.0 Å². The normalized spacial score (nSPS) is 10.9. The van der Waals surface area contributed by atoms with Crippen molar-refractivity contribution in [3.05, 3.63) is 24.3 Å². The molecule has 0 aliphatic heterocycles. The SMILES string of the molecule is CCCN(CC(=O)O)CC(=O)Nc1ccc(OC(F)(F)F)cc1.Cl. The topological polar surface area (TPSA) is 78.9 Å². The Morgan fingerprint density at radius 2 is 1.79 bits per heavy atom. The van der Waals surface area contributed by atoms with Crippen molar-refractivity contribution >= 4 is 30.0 Å². The lowest BCUT2D eigenvalue weighted by molar-refractivity contribution is -0.274. The monoisotopic (exact) mass is 370 g/mol. The maximum absolute atomic E-state index is 12.0. The minimum absolute atomic E-state index is 0. The lowest BCUT2D eigenvalue weighted by Crippen LogP contribution is -2.37. The van der Waals surface area contributed by atoms with Gasteiger partial charge >= 0.3 is 12.3 Å². The number of benzene rings is 1. The van der Waals surface area contributed by atoms with Gasteiger partial charge in [-0.15, -0.1) is 25.6 Å². The van der Waals surface area contributed by atoms with Gasteiger partial charge < -0.3 is 15.2 Å². The second-order valence-electron chi connectivity index (χ2n) is 4.72. The maximum atomic E-state index is 12.0. The van der Waals surface area contributed by atoms with Crippen molar-refractivity contribution in [2.24, 2.45) is 0 Å². The van der Waals surface area contributed by atoms with Crippen molar-refractivity contribution in [3.63, 3.8) is 0 Å². The molecule has 136 valence electrons. The number of ether oxygens (including phenoxy) is 1. The van der Waals surface area contributed by atoms with E-state index in [1.165, 1.54) is 17.0 Å². The molecule has 0 heterocycles. The number of carbonyl (C=O) groups excluding carboxylic acids is 1. The second kappa shape index (κ2) is 9.99. The molecule has 24 heavy (non-hydrogen) atoms. The summed E-state index contributed by atoms with van der Waals surface area (Å²) in [6.07, 6.45) is -4.09. The highest BCUT2D eigenvalue weighted by Crippen LogP contribution is 2.23. The second-order valence-corrected chi connectivity index (χ2v) is 4.72. The number of hydrogen-bond acceptors (Lipinski definition) is 4. The van der Waals surface area contributed by atoms with Crippen LogP contribution in [0.25, 0.3) is 0 Å². The number of nitrogens with one attached hydrogen (secondary N) is 1. The van der Waals surface area contributed by atoms with Crippen molar-refractivity contribution in [1.29, 1.82) is 0 Å². The summed E-state index contributed by atoms with van der Waals surface area (Å²) in [6.45, 7) is 1.91. The van der Waals surface area contributed by atoms with E-state index in [1.807, 2.05) is 6.92 Å². The number of amides is 1. The van der Waals surface area contributed by atoms with E-state index >= 15 is 0 Å². The van der Waals surface area contributed by atoms with Crippen molar-refractivity contribution in [3.8, 4) is 5.75 Å². The van der Waals surface area contributed by atoms with Crippen molar-refractivity contribution < 1.29 is 32.6 Å². The molecule has 0 atom stereocenters. The van der Waals surface area contributed by atoms with Crippen LogP contribution in [0.15, 0.2) is 24.3 Å². The number of nitrogens with zero attached hydrogens (tertiary/aromatic N) is 1. The van der Waals surface area contributed by atoms with Crippen LogP contribution in [0.4, 0.5) is 18.9 Å². The molecule has 0 aliphatic rings. The number of rotatable bonds is 8. The van der Waals surface area contributed by atoms with Gasteiger partial charge in [-0.25, -0.2) is 0 Å². The summed E-state index contributed by atoms with van der Waals surface area (Å²) in [7, 11) is 0. The quantitative estimate of drug-likeness (QED) is 0.735. The zero-order valence-corrected chi connectivity index (χ0v) is 13.6. The van der Waals surface area contributed by atoms with Crippen molar-refractivity contribution in [2.45, 2.75) is 19.7 Å². The van der Waals surface area contributed by atoms with E-state index < -0.39 is 24.0 Å². The van der Waals surface area contributed by atoms with Gasteiger partial charge in [-0.2, -0.15) is 0 Å². The first-order valence-corrected chi connectivity index (χ1v) is 6.79. The van der Waals surface area contributed by atoms with Crippen LogP contribution >= 0.6 is 12.4 Å². The van der Waals surface area contributed by atoms with E-state index in [2.05, 4.69) is 10.1 Å². The highest BCUT2D eigenvalue weighted by molar-refractivity contribution is 5.92. The molecule has 1 amide bonds. The van der Waals surface area contributed by atoms with E-state index in [0.29, 0.717) is 13.0 Å². The zero-order valence-electron chi connectivity index (χ0n) is 12.8. The van der Waals surface area contributed by atoms with E-state index in [1.54, 1.807) is 0 Å². The lowest BCUT2D eigenvalue weighted by Gasteiger charge is -2.18. The zero-order chi connectivity index (χ0) is 17.5. The summed E-state index contributed by atoms with van der Waals surface area (Å²) < 4.78 is 39.8. The minimum Gasteiger partial charge on any atom is -0.480 e. The fraction of sp³-hybridized carbons (Fsp3) is 0.429. The molecule has 0 aromatic heterocycles. The molecule has 0 spiro atoms. The molecule has 0 radical (unpaired) electrons. The first-order chi connectivity index (χ1) is 10.7. The Bertz CT molecular complexity index is 538. The summed E-state index contributed by atoms with van der Waals surface area (Å²) in [6, 6.07) is 4.68. The number of aliphatic carboxylic acids is 1. The smallest absolute Gasteiger partial charge is 0.480 e. The predicted molar refractivity (Wildman–Crippen MR) is 83.4 cm³/mol. The number of anilines is 1. The molecule has 1 aromatic carbocycles. The Morgan fingerprint density at radius 1 is 1.21 bits per heavy atom.